The van der Waals surface area contributed by atoms with Gasteiger partial charge in [-0.25, -0.2) is 0 Å². The molecule has 0 aliphatic rings. The second kappa shape index (κ2) is 9.86. The highest BCUT2D eigenvalue weighted by atomic mass is 16.2. The third-order valence-corrected chi connectivity index (χ3v) is 3.83. The third kappa shape index (κ3) is 6.80. The number of nitrogens with zero attached hydrogens (tertiary/aromatic N) is 2. The molecule has 0 unspecified atom stereocenters. The van der Waals surface area contributed by atoms with E-state index in [1.54, 1.807) is 0 Å². The predicted molar refractivity (Wildman–Crippen MR) is 92.7 cm³/mol. The van der Waals surface area contributed by atoms with E-state index in [9.17, 15) is 9.59 Å². The Kier molecular flexibility index (Phi) is 9.38. The molecule has 0 bridgehead atoms. The molecule has 4 heteroatoms. The van der Waals surface area contributed by atoms with Gasteiger partial charge in [0.15, 0.2) is 0 Å². The van der Waals surface area contributed by atoms with Crippen molar-refractivity contribution in [3.63, 3.8) is 0 Å². The molecule has 0 atom stereocenters. The van der Waals surface area contributed by atoms with Crippen molar-refractivity contribution in [1.29, 1.82) is 0 Å². The summed E-state index contributed by atoms with van der Waals surface area (Å²) in [5, 5.41) is 0. The quantitative estimate of drug-likeness (QED) is 0.607. The Morgan fingerprint density at radius 2 is 0.818 bits per heavy atom. The Morgan fingerprint density at radius 1 is 0.591 bits per heavy atom. The van der Waals surface area contributed by atoms with Gasteiger partial charge in [0.2, 0.25) is 11.8 Å². The van der Waals surface area contributed by atoms with Gasteiger partial charge in [-0.3, -0.25) is 9.59 Å². The van der Waals surface area contributed by atoms with Crippen LogP contribution in [0.2, 0.25) is 0 Å². The van der Waals surface area contributed by atoms with Crippen molar-refractivity contribution in [3.05, 3.63) is 0 Å². The monoisotopic (exact) mass is 312 g/mol. The molecule has 0 saturated carbocycles. The number of carbonyl (C=O) groups is 2. The van der Waals surface area contributed by atoms with E-state index in [0.717, 1.165) is 12.8 Å². The number of rotatable bonds is 9. The van der Waals surface area contributed by atoms with Crippen molar-refractivity contribution in [2.24, 2.45) is 0 Å². The molecule has 130 valence electrons. The van der Waals surface area contributed by atoms with Gasteiger partial charge in [-0.15, -0.1) is 0 Å². The van der Waals surface area contributed by atoms with Gasteiger partial charge in [0.1, 0.15) is 0 Å². The highest BCUT2D eigenvalue weighted by Crippen LogP contribution is 2.13. The Balaban J connectivity index is 4.27. The van der Waals surface area contributed by atoms with E-state index in [2.05, 4.69) is 0 Å². The van der Waals surface area contributed by atoms with E-state index < -0.39 is 0 Å². The number of amides is 2. The summed E-state index contributed by atoms with van der Waals surface area (Å²) >= 11 is 0. The number of unbranched alkanes of at least 4 members (excludes halogenated alkanes) is 1. The first kappa shape index (κ1) is 20.9. The molecule has 0 aliphatic heterocycles. The second-order valence-corrected chi connectivity index (χ2v) is 7.18. The third-order valence-electron chi connectivity index (χ3n) is 3.83. The summed E-state index contributed by atoms with van der Waals surface area (Å²) in [7, 11) is 0. The second-order valence-electron chi connectivity index (χ2n) is 7.18. The van der Waals surface area contributed by atoms with E-state index in [1.165, 1.54) is 0 Å². The minimum Gasteiger partial charge on any atom is -0.338 e. The van der Waals surface area contributed by atoms with Crippen molar-refractivity contribution < 1.29 is 9.59 Å². The summed E-state index contributed by atoms with van der Waals surface area (Å²) in [4.78, 5) is 28.4. The Morgan fingerprint density at radius 3 is 1.00 bits per heavy atom. The summed E-state index contributed by atoms with van der Waals surface area (Å²) in [5.74, 6) is 0.393. The van der Waals surface area contributed by atoms with E-state index in [4.69, 9.17) is 0 Å². The van der Waals surface area contributed by atoms with Gasteiger partial charge in [-0.1, -0.05) is 0 Å². The van der Waals surface area contributed by atoms with Gasteiger partial charge in [0.05, 0.1) is 0 Å². The Hall–Kier alpha value is -1.06. The van der Waals surface area contributed by atoms with Crippen molar-refractivity contribution in [2.45, 2.75) is 105 Å². The molecule has 0 aromatic carbocycles. The summed E-state index contributed by atoms with van der Waals surface area (Å²) in [6, 6.07) is 0.913. The predicted octanol–water partition coefficient (Wildman–Crippen LogP) is 3.84. The van der Waals surface area contributed by atoms with Crippen LogP contribution in [0.3, 0.4) is 0 Å². The van der Waals surface area contributed by atoms with Crippen LogP contribution in [0.5, 0.6) is 0 Å². The van der Waals surface area contributed by atoms with Crippen molar-refractivity contribution >= 4 is 11.8 Å². The maximum absolute atomic E-state index is 12.3. The average Bonchev–Trinajstić information content (AvgIpc) is 2.32. The fourth-order valence-corrected chi connectivity index (χ4v) is 3.16. The normalized spacial score (nSPS) is 11.6. The molecule has 0 aromatic heterocycles. The first-order chi connectivity index (χ1) is 10.1. The molecule has 0 spiro atoms. The molecule has 0 radical (unpaired) electrons. The van der Waals surface area contributed by atoms with Crippen LogP contribution >= 0.6 is 0 Å². The fourth-order valence-electron chi connectivity index (χ4n) is 3.16. The zero-order chi connectivity index (χ0) is 17.4. The fraction of sp³-hybridized carbons (Fsp3) is 0.889. The summed E-state index contributed by atoms with van der Waals surface area (Å²) in [6.45, 7) is 16.4. The van der Waals surface area contributed by atoms with Gasteiger partial charge in [-0.05, 0) is 68.2 Å². The molecule has 4 nitrogen and oxygen atoms in total. The highest BCUT2D eigenvalue weighted by molar-refractivity contribution is 5.78. The number of hydrogen-bond acceptors (Lipinski definition) is 2. The van der Waals surface area contributed by atoms with Crippen molar-refractivity contribution in [3.8, 4) is 0 Å². The van der Waals surface area contributed by atoms with Crippen molar-refractivity contribution in [1.82, 2.24) is 9.80 Å². The molecule has 0 aromatic rings. The maximum atomic E-state index is 12.3. The number of hydrogen-bond donors (Lipinski definition) is 0. The topological polar surface area (TPSA) is 40.6 Å². The van der Waals surface area contributed by atoms with E-state index in [0.29, 0.717) is 12.8 Å². The van der Waals surface area contributed by atoms with Crippen LogP contribution in [0, 0.1) is 0 Å². The standard InChI is InChI=1S/C18H36N2O2/c1-13(2)19(14(3)4)17(21)11-9-10-12-18(22)20(15(5)6)16(7)8/h13-16H,9-12H2,1-8H3. The van der Waals surface area contributed by atoms with Gasteiger partial charge in [-0.2, -0.15) is 0 Å². The van der Waals surface area contributed by atoms with Crippen LogP contribution in [0.4, 0.5) is 0 Å². The minimum atomic E-state index is 0.196. The van der Waals surface area contributed by atoms with Gasteiger partial charge in [0, 0.05) is 37.0 Å². The SMILES string of the molecule is CC(C)N(C(=O)CCCCC(=O)N(C(C)C)C(C)C)C(C)C. The van der Waals surface area contributed by atoms with Crippen LogP contribution in [0.25, 0.3) is 0 Å². The molecule has 0 N–H and O–H groups in total. The van der Waals surface area contributed by atoms with Gasteiger partial charge in [0.25, 0.3) is 0 Å². The summed E-state index contributed by atoms with van der Waals surface area (Å²) in [5.41, 5.74) is 0. The minimum absolute atomic E-state index is 0.196. The Bertz CT molecular complexity index is 299. The number of carbonyl (C=O) groups excluding carboxylic acids is 2. The Labute approximate surface area is 137 Å². The van der Waals surface area contributed by atoms with Crippen LogP contribution in [0.15, 0.2) is 0 Å². The molecule has 0 saturated heterocycles. The molecule has 0 fully saturated rings. The zero-order valence-corrected chi connectivity index (χ0v) is 15.8. The lowest BCUT2D eigenvalue weighted by molar-refractivity contribution is -0.136. The maximum Gasteiger partial charge on any atom is 0.223 e. The van der Waals surface area contributed by atoms with E-state index >= 15 is 0 Å². The summed E-state index contributed by atoms with van der Waals surface area (Å²) in [6.07, 6.45) is 2.63. The van der Waals surface area contributed by atoms with Gasteiger partial charge >= 0.3 is 0 Å². The van der Waals surface area contributed by atoms with E-state index in [1.807, 2.05) is 65.2 Å². The van der Waals surface area contributed by atoms with E-state index in [-0.39, 0.29) is 36.0 Å². The first-order valence-electron chi connectivity index (χ1n) is 8.71. The lowest BCUT2D eigenvalue weighted by Gasteiger charge is -2.31. The largest absolute Gasteiger partial charge is 0.338 e. The molecular formula is C18H36N2O2. The first-order valence-corrected chi connectivity index (χ1v) is 8.71. The van der Waals surface area contributed by atoms with Crippen molar-refractivity contribution in [2.75, 3.05) is 0 Å². The molecule has 0 heterocycles. The molecule has 0 rings (SSSR count). The van der Waals surface area contributed by atoms with Gasteiger partial charge < -0.3 is 9.80 Å². The molecule has 0 aliphatic carbocycles. The molecule has 2 amide bonds. The average molecular weight is 312 g/mol. The lowest BCUT2D eigenvalue weighted by atomic mass is 10.1. The van der Waals surface area contributed by atoms with Crippen LogP contribution < -0.4 is 0 Å². The lowest BCUT2D eigenvalue weighted by Crippen LogP contribution is -2.42. The van der Waals surface area contributed by atoms with Crippen LogP contribution in [-0.4, -0.2) is 45.8 Å². The summed E-state index contributed by atoms with van der Waals surface area (Å²) < 4.78 is 0. The zero-order valence-electron chi connectivity index (χ0n) is 15.8. The highest BCUT2D eigenvalue weighted by Gasteiger charge is 2.21. The molecular weight excluding hydrogens is 276 g/mol. The molecule has 22 heavy (non-hydrogen) atoms. The smallest absolute Gasteiger partial charge is 0.223 e. The van der Waals surface area contributed by atoms with Crippen LogP contribution in [0.1, 0.15) is 81.1 Å². The van der Waals surface area contributed by atoms with Crippen LogP contribution in [-0.2, 0) is 9.59 Å².